The molecule has 0 saturated heterocycles. The van der Waals surface area contributed by atoms with Crippen LogP contribution in [0.1, 0.15) is 37.5 Å². The van der Waals surface area contributed by atoms with Crippen LogP contribution < -0.4 is 0 Å². The number of hydrogen-bond acceptors (Lipinski definition) is 1. The zero-order valence-corrected chi connectivity index (χ0v) is 9.12. The van der Waals surface area contributed by atoms with Gasteiger partial charge in [-0.05, 0) is 30.2 Å². The van der Waals surface area contributed by atoms with Crippen molar-refractivity contribution in [3.63, 3.8) is 0 Å². The van der Waals surface area contributed by atoms with Crippen molar-refractivity contribution >= 4 is 0 Å². The first-order valence-electron chi connectivity index (χ1n) is 5.25. The molecule has 1 N–H and O–H groups in total. The van der Waals surface area contributed by atoms with Gasteiger partial charge in [-0.2, -0.15) is 0 Å². The molecule has 1 saturated carbocycles. The first-order chi connectivity index (χ1) is 6.50. The van der Waals surface area contributed by atoms with Gasteiger partial charge < -0.3 is 5.11 Å². The fourth-order valence-corrected chi connectivity index (χ4v) is 2.13. The van der Waals surface area contributed by atoms with E-state index in [1.54, 1.807) is 0 Å². The first-order valence-corrected chi connectivity index (χ1v) is 5.25. The minimum atomic E-state index is -0.273. The SMILES string of the molecule is Cc1cccc(C(O)C2CC2(C)C)c1. The van der Waals surface area contributed by atoms with Crippen LogP contribution >= 0.6 is 0 Å². The maximum atomic E-state index is 10.1. The molecule has 0 spiro atoms. The molecular formula is C13H18O. The second kappa shape index (κ2) is 3.09. The van der Waals surface area contributed by atoms with Gasteiger partial charge in [-0.1, -0.05) is 43.7 Å². The quantitative estimate of drug-likeness (QED) is 0.760. The van der Waals surface area contributed by atoms with E-state index in [0.29, 0.717) is 11.3 Å². The van der Waals surface area contributed by atoms with Crippen LogP contribution in [0, 0.1) is 18.3 Å². The van der Waals surface area contributed by atoms with Gasteiger partial charge in [0, 0.05) is 0 Å². The standard InChI is InChI=1S/C13H18O/c1-9-5-4-6-10(7-9)12(14)11-8-13(11,2)3/h4-7,11-12,14H,8H2,1-3H3. The molecule has 1 aromatic rings. The van der Waals surface area contributed by atoms with Crippen molar-refractivity contribution in [2.24, 2.45) is 11.3 Å². The molecule has 1 aliphatic rings. The van der Waals surface area contributed by atoms with Crippen molar-refractivity contribution in [1.29, 1.82) is 0 Å². The molecule has 0 heterocycles. The van der Waals surface area contributed by atoms with Crippen molar-refractivity contribution in [2.45, 2.75) is 33.3 Å². The van der Waals surface area contributed by atoms with Crippen molar-refractivity contribution < 1.29 is 5.11 Å². The summed E-state index contributed by atoms with van der Waals surface area (Å²) in [5.41, 5.74) is 2.63. The van der Waals surface area contributed by atoms with E-state index in [-0.39, 0.29) is 6.10 Å². The summed E-state index contributed by atoms with van der Waals surface area (Å²) in [6, 6.07) is 8.18. The van der Waals surface area contributed by atoms with E-state index < -0.39 is 0 Å². The number of aryl methyl sites for hydroxylation is 1. The lowest BCUT2D eigenvalue weighted by atomic mass is 9.98. The molecule has 2 rings (SSSR count). The Morgan fingerprint density at radius 2 is 2.07 bits per heavy atom. The Bertz CT molecular complexity index is 341. The highest BCUT2D eigenvalue weighted by molar-refractivity contribution is 5.26. The minimum Gasteiger partial charge on any atom is -0.388 e. The van der Waals surface area contributed by atoms with Gasteiger partial charge in [0.15, 0.2) is 0 Å². The van der Waals surface area contributed by atoms with Gasteiger partial charge in [0.2, 0.25) is 0 Å². The summed E-state index contributed by atoms with van der Waals surface area (Å²) >= 11 is 0. The minimum absolute atomic E-state index is 0.273. The molecule has 2 unspecified atom stereocenters. The highest BCUT2D eigenvalue weighted by atomic mass is 16.3. The van der Waals surface area contributed by atoms with Crippen LogP contribution in [0.25, 0.3) is 0 Å². The van der Waals surface area contributed by atoms with Crippen LogP contribution in [0.3, 0.4) is 0 Å². The van der Waals surface area contributed by atoms with E-state index in [1.807, 2.05) is 12.1 Å². The zero-order chi connectivity index (χ0) is 10.3. The molecule has 2 atom stereocenters. The second-order valence-corrected chi connectivity index (χ2v) is 5.16. The average Bonchev–Trinajstić information content (AvgIpc) is 2.74. The van der Waals surface area contributed by atoms with Gasteiger partial charge in [-0.25, -0.2) is 0 Å². The third-order valence-corrected chi connectivity index (χ3v) is 3.35. The summed E-state index contributed by atoms with van der Waals surface area (Å²) in [4.78, 5) is 0. The summed E-state index contributed by atoms with van der Waals surface area (Å²) in [6.45, 7) is 6.50. The molecule has 76 valence electrons. The van der Waals surface area contributed by atoms with Gasteiger partial charge >= 0.3 is 0 Å². The van der Waals surface area contributed by atoms with E-state index in [1.165, 1.54) is 5.56 Å². The third-order valence-electron chi connectivity index (χ3n) is 3.35. The second-order valence-electron chi connectivity index (χ2n) is 5.16. The normalized spacial score (nSPS) is 25.9. The number of hydrogen-bond donors (Lipinski definition) is 1. The van der Waals surface area contributed by atoms with Crippen molar-refractivity contribution in [3.8, 4) is 0 Å². The molecule has 14 heavy (non-hydrogen) atoms. The predicted octanol–water partition coefficient (Wildman–Crippen LogP) is 3.07. The Morgan fingerprint density at radius 3 is 2.57 bits per heavy atom. The molecule has 0 amide bonds. The van der Waals surface area contributed by atoms with E-state index in [0.717, 1.165) is 12.0 Å². The van der Waals surface area contributed by atoms with Gasteiger partial charge in [-0.3, -0.25) is 0 Å². The number of aliphatic hydroxyl groups excluding tert-OH is 1. The lowest BCUT2D eigenvalue weighted by Gasteiger charge is -2.13. The molecular weight excluding hydrogens is 172 g/mol. The molecule has 0 aromatic heterocycles. The van der Waals surface area contributed by atoms with Crippen molar-refractivity contribution in [1.82, 2.24) is 0 Å². The van der Waals surface area contributed by atoms with Gasteiger partial charge in [0.05, 0.1) is 6.10 Å². The predicted molar refractivity (Wildman–Crippen MR) is 58.0 cm³/mol. The summed E-state index contributed by atoms with van der Waals surface area (Å²) in [6.07, 6.45) is 0.868. The Morgan fingerprint density at radius 1 is 1.43 bits per heavy atom. The summed E-state index contributed by atoms with van der Waals surface area (Å²) in [5.74, 6) is 0.448. The average molecular weight is 190 g/mol. The number of aliphatic hydroxyl groups is 1. The molecule has 0 bridgehead atoms. The summed E-state index contributed by atoms with van der Waals surface area (Å²) in [7, 11) is 0. The molecule has 1 aliphatic carbocycles. The van der Waals surface area contributed by atoms with E-state index in [2.05, 4.69) is 32.9 Å². The Hall–Kier alpha value is -0.820. The fraction of sp³-hybridized carbons (Fsp3) is 0.538. The number of benzene rings is 1. The smallest absolute Gasteiger partial charge is 0.0823 e. The third kappa shape index (κ3) is 1.69. The maximum Gasteiger partial charge on any atom is 0.0823 e. The Balaban J connectivity index is 2.16. The largest absolute Gasteiger partial charge is 0.388 e. The molecule has 1 nitrogen and oxygen atoms in total. The highest BCUT2D eigenvalue weighted by Crippen LogP contribution is 2.57. The van der Waals surface area contributed by atoms with Gasteiger partial charge in [0.25, 0.3) is 0 Å². The fourth-order valence-electron chi connectivity index (χ4n) is 2.13. The van der Waals surface area contributed by atoms with Crippen LogP contribution in [-0.2, 0) is 0 Å². The van der Waals surface area contributed by atoms with Crippen molar-refractivity contribution in [3.05, 3.63) is 35.4 Å². The Kier molecular flexibility index (Phi) is 2.15. The van der Waals surface area contributed by atoms with Gasteiger partial charge in [0.1, 0.15) is 0 Å². The van der Waals surface area contributed by atoms with E-state index >= 15 is 0 Å². The molecule has 0 aliphatic heterocycles. The van der Waals surface area contributed by atoms with Crippen LogP contribution in [0.15, 0.2) is 24.3 Å². The van der Waals surface area contributed by atoms with E-state index in [9.17, 15) is 5.11 Å². The van der Waals surface area contributed by atoms with Crippen LogP contribution in [0.4, 0.5) is 0 Å². The molecule has 0 radical (unpaired) electrons. The van der Waals surface area contributed by atoms with Crippen LogP contribution in [-0.4, -0.2) is 5.11 Å². The highest BCUT2D eigenvalue weighted by Gasteiger charge is 2.50. The van der Waals surface area contributed by atoms with E-state index in [4.69, 9.17) is 0 Å². The summed E-state index contributed by atoms with van der Waals surface area (Å²) in [5, 5.41) is 10.1. The van der Waals surface area contributed by atoms with Gasteiger partial charge in [-0.15, -0.1) is 0 Å². The lowest BCUT2D eigenvalue weighted by molar-refractivity contribution is 0.138. The van der Waals surface area contributed by atoms with Crippen LogP contribution in [0.2, 0.25) is 0 Å². The molecule has 1 heteroatoms. The zero-order valence-electron chi connectivity index (χ0n) is 9.12. The molecule has 1 aromatic carbocycles. The Labute approximate surface area is 85.8 Å². The first kappa shape index (κ1) is 9.72. The van der Waals surface area contributed by atoms with Crippen molar-refractivity contribution in [2.75, 3.05) is 0 Å². The molecule has 1 fully saturated rings. The van der Waals surface area contributed by atoms with Crippen LogP contribution in [0.5, 0.6) is 0 Å². The summed E-state index contributed by atoms with van der Waals surface area (Å²) < 4.78 is 0. The number of rotatable bonds is 2. The maximum absolute atomic E-state index is 10.1. The lowest BCUT2D eigenvalue weighted by Crippen LogP contribution is -2.04. The monoisotopic (exact) mass is 190 g/mol. The topological polar surface area (TPSA) is 20.2 Å².